The van der Waals surface area contributed by atoms with Gasteiger partial charge in [0.1, 0.15) is 0 Å². The van der Waals surface area contributed by atoms with E-state index in [9.17, 15) is 4.79 Å². The quantitative estimate of drug-likeness (QED) is 0.729. The van der Waals surface area contributed by atoms with Gasteiger partial charge in [0.2, 0.25) is 5.89 Å². The zero-order chi connectivity index (χ0) is 16.5. The predicted molar refractivity (Wildman–Crippen MR) is 93.2 cm³/mol. The Hall–Kier alpha value is -2.21. The zero-order valence-electron chi connectivity index (χ0n) is 13.6. The van der Waals surface area contributed by atoms with E-state index in [-0.39, 0.29) is 5.91 Å². The van der Waals surface area contributed by atoms with Gasteiger partial charge in [-0.2, -0.15) is 4.98 Å². The minimum Gasteiger partial charge on any atom is -0.340 e. The Morgan fingerprint density at radius 2 is 2.29 bits per heavy atom. The van der Waals surface area contributed by atoms with Gasteiger partial charge in [-0.05, 0) is 24.8 Å². The summed E-state index contributed by atoms with van der Waals surface area (Å²) < 4.78 is 6.21. The van der Waals surface area contributed by atoms with E-state index in [0.29, 0.717) is 11.8 Å². The molecule has 1 atom stereocenters. The third-order valence-electron chi connectivity index (χ3n) is 4.56. The normalized spacial score (nSPS) is 18.2. The monoisotopic (exact) mass is 341 g/mol. The van der Waals surface area contributed by atoms with Gasteiger partial charge in [0.25, 0.3) is 5.91 Å². The summed E-state index contributed by atoms with van der Waals surface area (Å²) in [5, 5.41) is 7.03. The summed E-state index contributed by atoms with van der Waals surface area (Å²) in [4.78, 5) is 19.2. The Morgan fingerprint density at radius 1 is 1.42 bits per heavy atom. The number of likely N-dealkylation sites (tertiary alicyclic amines) is 1. The molecule has 24 heavy (non-hydrogen) atoms. The first-order valence-electron chi connectivity index (χ1n) is 8.25. The summed E-state index contributed by atoms with van der Waals surface area (Å²) in [5.74, 6) is 1.87. The maximum Gasteiger partial charge on any atom is 0.255 e. The van der Waals surface area contributed by atoms with Crippen LogP contribution in [0.2, 0.25) is 0 Å². The lowest BCUT2D eigenvalue weighted by molar-refractivity contribution is 0.0674. The molecule has 3 heterocycles. The van der Waals surface area contributed by atoms with Crippen LogP contribution in [0.25, 0.3) is 10.1 Å². The Kier molecular flexibility index (Phi) is 4.06. The van der Waals surface area contributed by atoms with Gasteiger partial charge >= 0.3 is 0 Å². The molecule has 2 aromatic heterocycles. The van der Waals surface area contributed by atoms with Gasteiger partial charge in [-0.1, -0.05) is 23.4 Å². The van der Waals surface area contributed by atoms with Crippen LogP contribution < -0.4 is 0 Å². The van der Waals surface area contributed by atoms with Crippen LogP contribution in [0.4, 0.5) is 0 Å². The van der Waals surface area contributed by atoms with Gasteiger partial charge in [0, 0.05) is 41.9 Å². The summed E-state index contributed by atoms with van der Waals surface area (Å²) in [6, 6.07) is 8.09. The van der Waals surface area contributed by atoms with E-state index in [0.717, 1.165) is 53.8 Å². The first-order valence-corrected chi connectivity index (χ1v) is 9.13. The molecule has 1 amide bonds. The second kappa shape index (κ2) is 6.36. The molecule has 0 unspecified atom stereocenters. The van der Waals surface area contributed by atoms with Gasteiger partial charge in [-0.15, -0.1) is 11.3 Å². The van der Waals surface area contributed by atoms with E-state index in [1.807, 2.05) is 28.5 Å². The molecule has 5 nitrogen and oxygen atoms in total. The third-order valence-corrected chi connectivity index (χ3v) is 5.52. The highest BCUT2D eigenvalue weighted by atomic mass is 32.1. The highest BCUT2D eigenvalue weighted by Gasteiger charge is 2.27. The molecule has 0 radical (unpaired) electrons. The lowest BCUT2D eigenvalue weighted by atomic mass is 9.94. The largest absolute Gasteiger partial charge is 0.340 e. The molecule has 1 aromatic carbocycles. The second-order valence-electron chi connectivity index (χ2n) is 6.34. The first kappa shape index (κ1) is 15.3. The van der Waals surface area contributed by atoms with Crippen LogP contribution in [0, 0.1) is 12.8 Å². The Bertz CT molecular complexity index is 870. The van der Waals surface area contributed by atoms with Crippen LogP contribution in [-0.4, -0.2) is 34.0 Å². The standard InChI is InChI=1S/C18H19N3O2S/c1-12-19-17(20-23-12)9-13-5-4-8-21(10-13)18(22)15-11-24-16-7-3-2-6-14(15)16/h2-3,6-7,11,13H,4-5,8-10H2,1H3/t13-/m1/s1. The van der Waals surface area contributed by atoms with Crippen molar-refractivity contribution in [1.82, 2.24) is 15.0 Å². The number of carbonyl (C=O) groups is 1. The van der Waals surface area contributed by atoms with Crippen LogP contribution in [0.3, 0.4) is 0 Å². The lowest BCUT2D eigenvalue weighted by Gasteiger charge is -2.32. The molecule has 0 spiro atoms. The minimum absolute atomic E-state index is 0.140. The topological polar surface area (TPSA) is 59.2 Å². The van der Waals surface area contributed by atoms with E-state index < -0.39 is 0 Å². The first-order chi connectivity index (χ1) is 11.7. The molecule has 0 saturated carbocycles. The molecule has 0 aliphatic carbocycles. The SMILES string of the molecule is Cc1nc(C[C@H]2CCCN(C(=O)c3csc4ccccc34)C2)no1. The fourth-order valence-corrected chi connectivity index (χ4v) is 4.35. The predicted octanol–water partition coefficient (Wildman–Crippen LogP) is 3.69. The van der Waals surface area contributed by atoms with Crippen molar-refractivity contribution in [1.29, 1.82) is 0 Å². The third kappa shape index (κ3) is 2.94. The highest BCUT2D eigenvalue weighted by Crippen LogP contribution is 2.28. The number of thiophene rings is 1. The number of piperidine rings is 1. The Morgan fingerprint density at radius 3 is 3.12 bits per heavy atom. The number of nitrogens with zero attached hydrogens (tertiary/aromatic N) is 3. The van der Waals surface area contributed by atoms with Crippen molar-refractivity contribution in [3.05, 3.63) is 46.9 Å². The zero-order valence-corrected chi connectivity index (χ0v) is 14.4. The molecule has 0 bridgehead atoms. The number of hydrogen-bond acceptors (Lipinski definition) is 5. The number of benzene rings is 1. The van der Waals surface area contributed by atoms with Gasteiger partial charge in [-0.3, -0.25) is 4.79 Å². The molecule has 0 N–H and O–H groups in total. The Labute approximate surface area is 144 Å². The van der Waals surface area contributed by atoms with E-state index in [2.05, 4.69) is 16.2 Å². The van der Waals surface area contributed by atoms with Gasteiger partial charge in [-0.25, -0.2) is 0 Å². The molecular weight excluding hydrogens is 322 g/mol. The second-order valence-corrected chi connectivity index (χ2v) is 7.25. The minimum atomic E-state index is 0.140. The molecule has 1 aliphatic rings. The molecule has 124 valence electrons. The summed E-state index contributed by atoms with van der Waals surface area (Å²) in [5.41, 5.74) is 0.826. The number of aromatic nitrogens is 2. The fraction of sp³-hybridized carbons (Fsp3) is 0.389. The van der Waals surface area contributed by atoms with Crippen molar-refractivity contribution in [3.63, 3.8) is 0 Å². The fourth-order valence-electron chi connectivity index (χ4n) is 3.41. The smallest absolute Gasteiger partial charge is 0.255 e. The van der Waals surface area contributed by atoms with Crippen molar-refractivity contribution in [2.24, 2.45) is 5.92 Å². The van der Waals surface area contributed by atoms with E-state index in [4.69, 9.17) is 4.52 Å². The summed E-state index contributed by atoms with van der Waals surface area (Å²) >= 11 is 1.63. The number of aryl methyl sites for hydroxylation is 1. The van der Waals surface area contributed by atoms with Crippen molar-refractivity contribution in [2.75, 3.05) is 13.1 Å². The van der Waals surface area contributed by atoms with Crippen molar-refractivity contribution < 1.29 is 9.32 Å². The molecule has 3 aromatic rings. The molecule has 1 saturated heterocycles. The molecule has 6 heteroatoms. The van der Waals surface area contributed by atoms with Crippen LogP contribution in [-0.2, 0) is 6.42 Å². The number of fused-ring (bicyclic) bond motifs is 1. The number of hydrogen-bond donors (Lipinski definition) is 0. The van der Waals surface area contributed by atoms with Crippen molar-refractivity contribution >= 4 is 27.3 Å². The average Bonchev–Trinajstić information content (AvgIpc) is 3.20. The maximum atomic E-state index is 13.0. The summed E-state index contributed by atoms with van der Waals surface area (Å²) in [7, 11) is 0. The van der Waals surface area contributed by atoms with Crippen LogP contribution in [0.5, 0.6) is 0 Å². The van der Waals surface area contributed by atoms with Crippen LogP contribution >= 0.6 is 11.3 Å². The molecular formula is C18H19N3O2S. The summed E-state index contributed by atoms with van der Waals surface area (Å²) in [6.45, 7) is 3.39. The van der Waals surface area contributed by atoms with E-state index in [1.54, 1.807) is 18.3 Å². The number of amides is 1. The molecule has 1 fully saturated rings. The van der Waals surface area contributed by atoms with Gasteiger partial charge in [0.05, 0.1) is 5.56 Å². The van der Waals surface area contributed by atoms with E-state index >= 15 is 0 Å². The Balaban J connectivity index is 1.50. The molecule has 4 rings (SSSR count). The summed E-state index contributed by atoms with van der Waals surface area (Å²) in [6.07, 6.45) is 2.89. The van der Waals surface area contributed by atoms with Crippen LogP contribution in [0.1, 0.15) is 34.9 Å². The number of rotatable bonds is 3. The maximum absolute atomic E-state index is 13.0. The van der Waals surface area contributed by atoms with Gasteiger partial charge in [0.15, 0.2) is 5.82 Å². The number of carbonyl (C=O) groups excluding carboxylic acids is 1. The van der Waals surface area contributed by atoms with Crippen molar-refractivity contribution in [2.45, 2.75) is 26.2 Å². The average molecular weight is 341 g/mol. The molecule has 1 aliphatic heterocycles. The van der Waals surface area contributed by atoms with Crippen molar-refractivity contribution in [3.8, 4) is 0 Å². The van der Waals surface area contributed by atoms with Gasteiger partial charge < -0.3 is 9.42 Å². The lowest BCUT2D eigenvalue weighted by Crippen LogP contribution is -2.40. The van der Waals surface area contributed by atoms with Crippen LogP contribution in [0.15, 0.2) is 34.2 Å². The van der Waals surface area contributed by atoms with E-state index in [1.165, 1.54) is 0 Å². The highest BCUT2D eigenvalue weighted by molar-refractivity contribution is 7.17.